The number of nitrogens with zero attached hydrogens (tertiary/aromatic N) is 1. The van der Waals surface area contributed by atoms with Crippen LogP contribution in [0.5, 0.6) is 0 Å². The van der Waals surface area contributed by atoms with Crippen LogP contribution in [0.3, 0.4) is 0 Å². The molecule has 0 aromatic carbocycles. The number of primary amides is 1. The van der Waals surface area contributed by atoms with Crippen molar-refractivity contribution in [3.8, 4) is 0 Å². The summed E-state index contributed by atoms with van der Waals surface area (Å²) < 4.78 is 0. The van der Waals surface area contributed by atoms with Gasteiger partial charge in [0.1, 0.15) is 0 Å². The average Bonchev–Trinajstić information content (AvgIpc) is 2.57. The van der Waals surface area contributed by atoms with Gasteiger partial charge >= 0.3 is 185 Å². The molecule has 0 aliphatic heterocycles. The molecule has 154 valence electrons. The predicted octanol–water partition coefficient (Wildman–Crippen LogP) is 3.46. The Hall–Kier alpha value is -0.0210. The molecule has 8 fully saturated rings. The second-order valence-corrected chi connectivity index (χ2v) is 12.4. The van der Waals surface area contributed by atoms with Crippen molar-refractivity contribution < 1.29 is 9.59 Å². The summed E-state index contributed by atoms with van der Waals surface area (Å²) in [4.78, 5) is 24.4. The van der Waals surface area contributed by atoms with Crippen LogP contribution in [0.1, 0.15) is 64.2 Å². The topological polar surface area (TPSA) is 63.4 Å². The van der Waals surface area contributed by atoms with Crippen molar-refractivity contribution >= 4 is 41.6 Å². The van der Waals surface area contributed by atoms with Crippen LogP contribution in [0.2, 0.25) is 0 Å². The SMILES string of the molecule is NC(=O)[Se].O=C([Se])N(C1C2CC3CC(C2)CC1C3)C1C2CC3CC(C2)CC1C3. The first-order valence-electron chi connectivity index (χ1n) is 11.3. The number of carbonyl (C=O) groups excluding carboxylic acids is 2. The van der Waals surface area contributed by atoms with E-state index in [1.54, 1.807) is 0 Å². The van der Waals surface area contributed by atoms with Gasteiger partial charge in [-0.05, 0) is 0 Å². The summed E-state index contributed by atoms with van der Waals surface area (Å²) in [5.74, 6) is 7.32. The molecule has 8 aliphatic rings. The number of hydrogen-bond donors (Lipinski definition) is 1. The fraction of sp³-hybridized carbons (Fsp3) is 0.909. The van der Waals surface area contributed by atoms with E-state index >= 15 is 0 Å². The zero-order valence-electron chi connectivity index (χ0n) is 16.5. The van der Waals surface area contributed by atoms with Gasteiger partial charge in [-0.15, -0.1) is 0 Å². The van der Waals surface area contributed by atoms with E-state index in [1.165, 1.54) is 64.2 Å². The number of nitrogens with two attached hydrogens (primary N) is 1. The molecule has 28 heavy (non-hydrogen) atoms. The predicted molar refractivity (Wildman–Crippen MR) is 110 cm³/mol. The molecule has 2 N–H and O–H groups in total. The molecule has 2 radical (unpaired) electrons. The van der Waals surface area contributed by atoms with Crippen LogP contribution in [0.25, 0.3) is 0 Å². The van der Waals surface area contributed by atoms with E-state index in [4.69, 9.17) is 4.79 Å². The molecular formula is C22H32N2O2Se2. The van der Waals surface area contributed by atoms with Gasteiger partial charge in [-0.2, -0.15) is 0 Å². The van der Waals surface area contributed by atoms with Crippen molar-refractivity contribution in [1.29, 1.82) is 0 Å². The van der Waals surface area contributed by atoms with Crippen molar-refractivity contribution in [2.75, 3.05) is 0 Å². The third kappa shape index (κ3) is 3.51. The van der Waals surface area contributed by atoms with Gasteiger partial charge in [0.05, 0.1) is 0 Å². The second kappa shape index (κ2) is 7.59. The van der Waals surface area contributed by atoms with E-state index in [0.29, 0.717) is 16.9 Å². The summed E-state index contributed by atoms with van der Waals surface area (Å²) in [7, 11) is 0. The Morgan fingerprint density at radius 2 is 0.857 bits per heavy atom. The van der Waals surface area contributed by atoms with Crippen molar-refractivity contribution in [3.63, 3.8) is 0 Å². The van der Waals surface area contributed by atoms with Gasteiger partial charge in [-0.1, -0.05) is 0 Å². The zero-order valence-corrected chi connectivity index (χ0v) is 19.9. The van der Waals surface area contributed by atoms with Crippen LogP contribution in [-0.4, -0.2) is 58.6 Å². The van der Waals surface area contributed by atoms with E-state index in [9.17, 15) is 4.79 Å². The van der Waals surface area contributed by atoms with Crippen molar-refractivity contribution in [1.82, 2.24) is 4.90 Å². The molecule has 8 aliphatic carbocycles. The molecule has 2 amide bonds. The van der Waals surface area contributed by atoms with Gasteiger partial charge in [0, 0.05) is 0 Å². The van der Waals surface area contributed by atoms with Crippen molar-refractivity contribution in [2.24, 2.45) is 53.1 Å². The molecule has 0 aromatic rings. The number of carbonyl (C=O) groups is 2. The summed E-state index contributed by atoms with van der Waals surface area (Å²) in [6, 6.07) is 1.18. The van der Waals surface area contributed by atoms with Crippen LogP contribution in [0, 0.1) is 47.3 Å². The summed E-state index contributed by atoms with van der Waals surface area (Å²) in [5, 5.41) is 0. The van der Waals surface area contributed by atoms with Crippen LogP contribution in [0.15, 0.2) is 0 Å². The summed E-state index contributed by atoms with van der Waals surface area (Å²) in [6.07, 6.45) is 14.4. The van der Waals surface area contributed by atoms with Crippen molar-refractivity contribution in [2.45, 2.75) is 76.3 Å². The molecule has 0 spiro atoms. The average molecular weight is 514 g/mol. The molecule has 0 aromatic heterocycles. The Balaban J connectivity index is 0.000000393. The zero-order chi connectivity index (χ0) is 19.6. The molecule has 8 bridgehead atoms. The molecule has 4 nitrogen and oxygen atoms in total. The fourth-order valence-electron chi connectivity index (χ4n) is 9.14. The van der Waals surface area contributed by atoms with Crippen LogP contribution >= 0.6 is 0 Å². The summed E-state index contributed by atoms with van der Waals surface area (Å²) >= 11 is 4.99. The molecular weight excluding hydrogens is 482 g/mol. The Kier molecular flexibility index (Phi) is 5.40. The minimum absolute atomic E-state index is 0.296. The molecule has 0 heterocycles. The van der Waals surface area contributed by atoms with Gasteiger partial charge in [0.15, 0.2) is 0 Å². The van der Waals surface area contributed by atoms with Gasteiger partial charge in [-0.25, -0.2) is 0 Å². The number of rotatable bonds is 2. The quantitative estimate of drug-likeness (QED) is 0.574. The second-order valence-electron chi connectivity index (χ2n) is 10.8. The van der Waals surface area contributed by atoms with Gasteiger partial charge < -0.3 is 0 Å². The monoisotopic (exact) mass is 516 g/mol. The Morgan fingerprint density at radius 1 is 0.607 bits per heavy atom. The molecule has 6 heteroatoms. The number of amides is 2. The maximum atomic E-state index is 12.9. The Labute approximate surface area is 185 Å². The Bertz CT molecular complexity index is 552. The van der Waals surface area contributed by atoms with E-state index in [-0.39, 0.29) is 0 Å². The maximum absolute atomic E-state index is 12.9. The van der Waals surface area contributed by atoms with E-state index < -0.39 is 4.81 Å². The standard InChI is InChI=1S/C21H30NOSe.CH2NOSe/c23-21(24)22(19-15-3-11-1-12(5-15)6-16(19)4-11)20-17-7-13-2-14(9-17)10-18(20)8-13;2-1(3)4/h11-20H,1-10H2;(H2,2,3). The van der Waals surface area contributed by atoms with Gasteiger partial charge in [0.25, 0.3) is 0 Å². The molecule has 8 saturated carbocycles. The number of hydrogen-bond acceptors (Lipinski definition) is 2. The third-order valence-electron chi connectivity index (χ3n) is 9.21. The fourth-order valence-corrected chi connectivity index (χ4v) is 9.65. The first-order chi connectivity index (χ1) is 13.4. The normalized spacial score (nSPS) is 49.4. The van der Waals surface area contributed by atoms with Crippen molar-refractivity contribution in [3.05, 3.63) is 0 Å². The van der Waals surface area contributed by atoms with Crippen LogP contribution in [0.4, 0.5) is 9.59 Å². The molecule has 0 atom stereocenters. The molecule has 0 unspecified atom stereocenters. The van der Waals surface area contributed by atoms with E-state index in [0.717, 1.165) is 47.3 Å². The molecule has 8 rings (SSSR count). The van der Waals surface area contributed by atoms with E-state index in [2.05, 4.69) is 26.6 Å². The first-order valence-corrected chi connectivity index (χ1v) is 13.1. The van der Waals surface area contributed by atoms with Crippen LogP contribution in [-0.2, 0) is 0 Å². The van der Waals surface area contributed by atoms with E-state index in [1.807, 2.05) is 16.0 Å². The summed E-state index contributed by atoms with van der Waals surface area (Å²) in [5.41, 5.74) is 4.42. The third-order valence-corrected chi connectivity index (χ3v) is 9.65. The summed E-state index contributed by atoms with van der Waals surface area (Å²) in [6.45, 7) is 0. The minimum atomic E-state index is -0.458. The molecule has 0 saturated heterocycles. The Morgan fingerprint density at radius 3 is 1.07 bits per heavy atom. The van der Waals surface area contributed by atoms with Gasteiger partial charge in [-0.3, -0.25) is 0 Å². The first kappa shape index (κ1) is 19.9. The van der Waals surface area contributed by atoms with Gasteiger partial charge in [0.2, 0.25) is 0 Å². The van der Waals surface area contributed by atoms with Crippen LogP contribution < -0.4 is 5.73 Å².